The number of hydrogen-bond acceptors (Lipinski definition) is 4. The quantitative estimate of drug-likeness (QED) is 0.646. The van der Waals surface area contributed by atoms with Crippen molar-refractivity contribution in [1.29, 1.82) is 0 Å². The van der Waals surface area contributed by atoms with E-state index in [1.54, 1.807) is 6.92 Å². The minimum absolute atomic E-state index is 0.0536. The molecule has 2 rings (SSSR count). The number of ether oxygens (including phenoxy) is 1. The molecule has 0 radical (unpaired) electrons. The van der Waals surface area contributed by atoms with Crippen LogP contribution in [0.25, 0.3) is 0 Å². The zero-order valence-electron chi connectivity index (χ0n) is 13.4. The summed E-state index contributed by atoms with van der Waals surface area (Å²) in [5, 5.41) is 4.88. The molecule has 134 valence electrons. The van der Waals surface area contributed by atoms with Crippen LogP contribution in [0.3, 0.4) is 0 Å². The molecule has 4 N–H and O–H groups in total. The maximum Gasteiger partial charge on any atom is 0.311 e. The summed E-state index contributed by atoms with van der Waals surface area (Å²) in [4.78, 5) is 35.3. The van der Waals surface area contributed by atoms with Gasteiger partial charge >= 0.3 is 5.97 Å². The Kier molecular flexibility index (Phi) is 5.68. The monoisotopic (exact) mass is 353 g/mol. The molecule has 25 heavy (non-hydrogen) atoms. The number of H-pyrrole nitrogens is 2. The topological polar surface area (TPSA) is 118 Å². The molecule has 1 heterocycles. The van der Waals surface area contributed by atoms with Crippen LogP contribution in [0.2, 0.25) is 0 Å². The number of benzene rings is 1. The average Bonchev–Trinajstić information content (AvgIpc) is 2.88. The normalized spacial score (nSPS) is 12.0. The van der Waals surface area contributed by atoms with Crippen molar-refractivity contribution >= 4 is 11.9 Å². The largest absolute Gasteiger partial charge is 0.466 e. The van der Waals surface area contributed by atoms with Crippen LogP contribution in [0.15, 0.2) is 23.0 Å². The Labute approximate surface area is 141 Å². The molecule has 0 aliphatic heterocycles. The molecule has 1 aromatic carbocycles. The van der Waals surface area contributed by atoms with Gasteiger partial charge in [-0.3, -0.25) is 19.5 Å². The zero-order valence-corrected chi connectivity index (χ0v) is 13.4. The van der Waals surface area contributed by atoms with Crippen molar-refractivity contribution in [2.75, 3.05) is 6.61 Å². The maximum atomic E-state index is 13.6. The van der Waals surface area contributed by atoms with Gasteiger partial charge in [-0.25, -0.2) is 8.78 Å². The van der Waals surface area contributed by atoms with Gasteiger partial charge in [-0.1, -0.05) is 6.07 Å². The van der Waals surface area contributed by atoms with E-state index in [0.717, 1.165) is 12.1 Å². The predicted molar refractivity (Wildman–Crippen MR) is 83.8 cm³/mol. The number of rotatable bonds is 7. The summed E-state index contributed by atoms with van der Waals surface area (Å²) < 4.78 is 31.6. The molecular formula is C16H17F2N3O4. The van der Waals surface area contributed by atoms with Gasteiger partial charge in [-0.15, -0.1) is 0 Å². The summed E-state index contributed by atoms with van der Waals surface area (Å²) >= 11 is 0. The third-order valence-electron chi connectivity index (χ3n) is 3.62. The summed E-state index contributed by atoms with van der Waals surface area (Å²) in [6, 6.07) is 3.04. The van der Waals surface area contributed by atoms with Crippen molar-refractivity contribution in [3.8, 4) is 0 Å². The second-order valence-electron chi connectivity index (χ2n) is 5.35. The molecule has 0 aliphatic carbocycles. The molecule has 9 heteroatoms. The number of amides is 1. The molecule has 0 saturated carbocycles. The maximum absolute atomic E-state index is 13.6. The second kappa shape index (κ2) is 7.73. The molecule has 0 aliphatic rings. The van der Waals surface area contributed by atoms with Crippen LogP contribution in [0.4, 0.5) is 8.78 Å². The number of hydrogen-bond donors (Lipinski definition) is 3. The molecule has 2 aromatic rings. The number of primary amides is 1. The van der Waals surface area contributed by atoms with E-state index < -0.39 is 35.0 Å². The number of nitrogens with one attached hydrogen (secondary N) is 2. The highest BCUT2D eigenvalue weighted by atomic mass is 19.2. The molecule has 7 nitrogen and oxygen atoms in total. The van der Waals surface area contributed by atoms with Crippen LogP contribution in [0.1, 0.15) is 36.1 Å². The van der Waals surface area contributed by atoms with Crippen molar-refractivity contribution in [3.63, 3.8) is 0 Å². The Morgan fingerprint density at radius 3 is 2.56 bits per heavy atom. The number of nitrogens with two attached hydrogens (primary N) is 1. The van der Waals surface area contributed by atoms with Gasteiger partial charge in [-0.2, -0.15) is 0 Å². The fourth-order valence-corrected chi connectivity index (χ4v) is 2.59. The smallest absolute Gasteiger partial charge is 0.311 e. The van der Waals surface area contributed by atoms with Gasteiger partial charge in [-0.05, 0) is 24.6 Å². The van der Waals surface area contributed by atoms with Gasteiger partial charge in [0.2, 0.25) is 5.91 Å². The predicted octanol–water partition coefficient (Wildman–Crippen LogP) is 1.09. The van der Waals surface area contributed by atoms with E-state index in [1.165, 1.54) is 6.07 Å². The Bertz CT molecular complexity index is 844. The number of carbonyl (C=O) groups excluding carboxylic acids is 2. The minimum Gasteiger partial charge on any atom is -0.466 e. The SMILES string of the molecule is CCOC(=O)Cc1[nH][nH]c(=O)c1[C@H](CC(N)=O)c1ccc(F)c(F)c1. The Morgan fingerprint density at radius 1 is 1.24 bits per heavy atom. The van der Waals surface area contributed by atoms with Gasteiger partial charge in [0.25, 0.3) is 5.56 Å². The molecule has 1 atom stereocenters. The Morgan fingerprint density at radius 2 is 1.96 bits per heavy atom. The van der Waals surface area contributed by atoms with Crippen molar-refractivity contribution < 1.29 is 23.1 Å². The van der Waals surface area contributed by atoms with Crippen LogP contribution in [0, 0.1) is 11.6 Å². The van der Waals surface area contributed by atoms with Crippen molar-refractivity contribution in [3.05, 3.63) is 57.0 Å². The highest BCUT2D eigenvalue weighted by Crippen LogP contribution is 2.29. The first-order valence-corrected chi connectivity index (χ1v) is 7.51. The first-order valence-electron chi connectivity index (χ1n) is 7.51. The molecule has 1 amide bonds. The minimum atomic E-state index is -1.12. The first kappa shape index (κ1) is 18.4. The van der Waals surface area contributed by atoms with E-state index >= 15 is 0 Å². The van der Waals surface area contributed by atoms with Crippen LogP contribution in [0.5, 0.6) is 0 Å². The molecule has 0 saturated heterocycles. The molecule has 0 bridgehead atoms. The van der Waals surface area contributed by atoms with Gasteiger partial charge in [0.15, 0.2) is 11.6 Å². The summed E-state index contributed by atoms with van der Waals surface area (Å²) in [6.07, 6.45) is -0.567. The summed E-state index contributed by atoms with van der Waals surface area (Å²) in [7, 11) is 0. The fourth-order valence-electron chi connectivity index (χ4n) is 2.59. The van der Waals surface area contributed by atoms with E-state index in [9.17, 15) is 23.2 Å². The fraction of sp³-hybridized carbons (Fsp3) is 0.312. The number of aromatic amines is 2. The van der Waals surface area contributed by atoms with Crippen molar-refractivity contribution in [2.45, 2.75) is 25.7 Å². The molecule has 0 fully saturated rings. The highest BCUT2D eigenvalue weighted by Gasteiger charge is 2.26. The standard InChI is InChI=1S/C16H17F2N3O4/c1-2-25-14(23)7-12-15(16(24)21-20-12)9(6-13(19)22)8-3-4-10(17)11(18)5-8/h3-5,9H,2,6-7H2,1H3,(H2,19,22)(H2,20,21,24)/t9-/m1/s1. The van der Waals surface area contributed by atoms with E-state index in [0.29, 0.717) is 0 Å². The Hall–Kier alpha value is -2.97. The van der Waals surface area contributed by atoms with Gasteiger partial charge in [0, 0.05) is 17.9 Å². The molecule has 0 unspecified atom stereocenters. The van der Waals surface area contributed by atoms with E-state index in [2.05, 4.69) is 10.2 Å². The lowest BCUT2D eigenvalue weighted by atomic mass is 9.87. The number of halogens is 2. The van der Waals surface area contributed by atoms with E-state index in [1.807, 2.05) is 0 Å². The third-order valence-corrected chi connectivity index (χ3v) is 3.62. The molecule has 0 spiro atoms. The molecular weight excluding hydrogens is 336 g/mol. The summed E-state index contributed by atoms with van der Waals surface area (Å²) in [6.45, 7) is 1.80. The van der Waals surface area contributed by atoms with Gasteiger partial charge < -0.3 is 15.6 Å². The van der Waals surface area contributed by atoms with Crippen LogP contribution >= 0.6 is 0 Å². The van der Waals surface area contributed by atoms with Crippen molar-refractivity contribution in [2.24, 2.45) is 5.73 Å². The lowest BCUT2D eigenvalue weighted by Crippen LogP contribution is -2.22. The first-order chi connectivity index (χ1) is 11.8. The molecule has 1 aromatic heterocycles. The van der Waals surface area contributed by atoms with Gasteiger partial charge in [0.05, 0.1) is 18.7 Å². The van der Waals surface area contributed by atoms with Crippen LogP contribution in [-0.2, 0) is 20.7 Å². The van der Waals surface area contributed by atoms with Crippen LogP contribution < -0.4 is 11.3 Å². The van der Waals surface area contributed by atoms with Crippen molar-refractivity contribution in [1.82, 2.24) is 10.2 Å². The summed E-state index contributed by atoms with van der Waals surface area (Å²) in [5.74, 6) is -4.44. The summed E-state index contributed by atoms with van der Waals surface area (Å²) in [5.41, 5.74) is 5.08. The zero-order chi connectivity index (χ0) is 18.6. The lowest BCUT2D eigenvalue weighted by molar-refractivity contribution is -0.142. The van der Waals surface area contributed by atoms with Crippen LogP contribution in [-0.4, -0.2) is 28.7 Å². The number of esters is 1. The average molecular weight is 353 g/mol. The third kappa shape index (κ3) is 4.31. The van der Waals surface area contributed by atoms with Gasteiger partial charge in [0.1, 0.15) is 0 Å². The highest BCUT2D eigenvalue weighted by molar-refractivity contribution is 5.76. The number of carbonyl (C=O) groups is 2. The number of aromatic nitrogens is 2. The van der Waals surface area contributed by atoms with E-state index in [4.69, 9.17) is 10.5 Å². The Balaban J connectivity index is 2.49. The second-order valence-corrected chi connectivity index (χ2v) is 5.35. The van der Waals surface area contributed by atoms with E-state index in [-0.39, 0.29) is 36.3 Å². The lowest BCUT2D eigenvalue weighted by Gasteiger charge is -2.16.